The summed E-state index contributed by atoms with van der Waals surface area (Å²) in [6.07, 6.45) is 2.55. The number of thioether (sulfide) groups is 1. The number of anilines is 1. The topological polar surface area (TPSA) is 68.0 Å². The first-order valence-corrected chi connectivity index (χ1v) is 10.8. The lowest BCUT2D eigenvalue weighted by atomic mass is 9.90. The highest BCUT2D eigenvalue weighted by Gasteiger charge is 2.24. The molecule has 4 aromatic rings. The van der Waals surface area contributed by atoms with Gasteiger partial charge in [-0.1, -0.05) is 77.9 Å². The van der Waals surface area contributed by atoms with Crippen molar-refractivity contribution in [1.29, 1.82) is 0 Å². The van der Waals surface area contributed by atoms with Crippen LogP contribution in [0.15, 0.2) is 94.2 Å². The van der Waals surface area contributed by atoms with Crippen molar-refractivity contribution in [3.05, 3.63) is 108 Å². The number of aromatic nitrogens is 2. The van der Waals surface area contributed by atoms with E-state index in [2.05, 4.69) is 27.6 Å². The van der Waals surface area contributed by atoms with Gasteiger partial charge >= 0.3 is 6.01 Å². The summed E-state index contributed by atoms with van der Waals surface area (Å²) >= 11 is 1.69. The standard InChI is InChI=1S/C24H21N3O2S/c1-30-20-14-12-17(13-15-20)16-21-26-27-24(29-21)25-23(28)22(18-8-4-2-5-9-18)19-10-6-3-7-11-19/h2-15,22H,16H2,1H3,(H,25,27,28). The highest BCUT2D eigenvalue weighted by atomic mass is 32.2. The Balaban J connectivity index is 1.50. The molecule has 6 heteroatoms. The molecule has 0 saturated carbocycles. The highest BCUT2D eigenvalue weighted by molar-refractivity contribution is 7.98. The van der Waals surface area contributed by atoms with Gasteiger partial charge in [0.2, 0.25) is 11.8 Å². The summed E-state index contributed by atoms with van der Waals surface area (Å²) in [6, 6.07) is 27.6. The number of nitrogens with zero attached hydrogens (tertiary/aromatic N) is 2. The van der Waals surface area contributed by atoms with E-state index in [9.17, 15) is 4.79 Å². The molecule has 3 aromatic carbocycles. The van der Waals surface area contributed by atoms with E-state index in [0.717, 1.165) is 16.7 Å². The Morgan fingerprint density at radius 1 is 0.900 bits per heavy atom. The summed E-state index contributed by atoms with van der Waals surface area (Å²) in [7, 11) is 0. The maximum atomic E-state index is 13.1. The molecule has 5 nitrogen and oxygen atoms in total. The van der Waals surface area contributed by atoms with Crippen LogP contribution < -0.4 is 5.32 Å². The minimum absolute atomic E-state index is 0.104. The van der Waals surface area contributed by atoms with Crippen molar-refractivity contribution in [2.75, 3.05) is 11.6 Å². The number of rotatable bonds is 7. The van der Waals surface area contributed by atoms with Crippen molar-refractivity contribution < 1.29 is 9.21 Å². The quantitative estimate of drug-likeness (QED) is 0.423. The number of benzene rings is 3. The zero-order valence-corrected chi connectivity index (χ0v) is 17.3. The number of carbonyl (C=O) groups is 1. The van der Waals surface area contributed by atoms with Gasteiger partial charge in [0, 0.05) is 4.90 Å². The first-order valence-electron chi connectivity index (χ1n) is 9.59. The van der Waals surface area contributed by atoms with Crippen molar-refractivity contribution >= 4 is 23.7 Å². The van der Waals surface area contributed by atoms with Gasteiger partial charge in [0.1, 0.15) is 0 Å². The van der Waals surface area contributed by atoms with Crippen LogP contribution in [-0.4, -0.2) is 22.4 Å². The number of amides is 1. The van der Waals surface area contributed by atoms with E-state index < -0.39 is 5.92 Å². The van der Waals surface area contributed by atoms with Gasteiger partial charge in [0.25, 0.3) is 0 Å². The smallest absolute Gasteiger partial charge is 0.322 e. The Morgan fingerprint density at radius 2 is 1.50 bits per heavy atom. The summed E-state index contributed by atoms with van der Waals surface area (Å²) in [5, 5.41) is 10.9. The molecule has 30 heavy (non-hydrogen) atoms. The van der Waals surface area contributed by atoms with Crippen LogP contribution in [0.5, 0.6) is 0 Å². The van der Waals surface area contributed by atoms with Gasteiger partial charge in [-0.05, 0) is 35.1 Å². The van der Waals surface area contributed by atoms with Gasteiger partial charge in [-0.2, -0.15) is 0 Å². The molecule has 0 unspecified atom stereocenters. The van der Waals surface area contributed by atoms with E-state index in [-0.39, 0.29) is 11.9 Å². The second kappa shape index (κ2) is 9.41. The number of hydrogen-bond acceptors (Lipinski definition) is 5. The minimum Gasteiger partial charge on any atom is -0.407 e. The SMILES string of the molecule is CSc1ccc(Cc2nnc(NC(=O)C(c3ccccc3)c3ccccc3)o2)cc1. The molecule has 1 aromatic heterocycles. The number of nitrogens with one attached hydrogen (secondary N) is 1. The third-order valence-corrected chi connectivity index (χ3v) is 5.48. The molecule has 0 aliphatic rings. The molecule has 1 N–H and O–H groups in total. The van der Waals surface area contributed by atoms with Gasteiger partial charge in [-0.3, -0.25) is 10.1 Å². The Morgan fingerprint density at radius 3 is 2.07 bits per heavy atom. The summed E-state index contributed by atoms with van der Waals surface area (Å²) < 4.78 is 5.68. The molecule has 0 saturated heterocycles. The van der Waals surface area contributed by atoms with Gasteiger partial charge < -0.3 is 4.42 Å². The third kappa shape index (κ3) is 4.78. The lowest BCUT2D eigenvalue weighted by Crippen LogP contribution is -2.22. The molecule has 0 aliphatic heterocycles. The van der Waals surface area contributed by atoms with Crippen LogP contribution in [0.25, 0.3) is 0 Å². The van der Waals surface area contributed by atoms with E-state index in [0.29, 0.717) is 12.3 Å². The van der Waals surface area contributed by atoms with Crippen LogP contribution in [0.4, 0.5) is 6.01 Å². The molecule has 0 radical (unpaired) electrons. The molecule has 0 fully saturated rings. The van der Waals surface area contributed by atoms with E-state index in [4.69, 9.17) is 4.42 Å². The minimum atomic E-state index is -0.471. The maximum absolute atomic E-state index is 13.1. The van der Waals surface area contributed by atoms with Crippen LogP contribution in [0.1, 0.15) is 28.5 Å². The average molecular weight is 416 g/mol. The molecule has 4 rings (SSSR count). The molecule has 1 amide bonds. The van der Waals surface area contributed by atoms with Gasteiger partial charge in [-0.25, -0.2) is 0 Å². The van der Waals surface area contributed by atoms with Gasteiger partial charge in [0.15, 0.2) is 0 Å². The van der Waals surface area contributed by atoms with Crippen LogP contribution in [0, 0.1) is 0 Å². The monoisotopic (exact) mass is 415 g/mol. The van der Waals surface area contributed by atoms with E-state index in [1.807, 2.05) is 79.1 Å². The maximum Gasteiger partial charge on any atom is 0.322 e. The number of carbonyl (C=O) groups excluding carboxylic acids is 1. The molecule has 0 aliphatic carbocycles. The molecular weight excluding hydrogens is 394 g/mol. The Labute approximate surface area is 179 Å². The summed E-state index contributed by atoms with van der Waals surface area (Å²) in [5.41, 5.74) is 2.87. The largest absolute Gasteiger partial charge is 0.407 e. The second-order valence-electron chi connectivity index (χ2n) is 6.77. The third-order valence-electron chi connectivity index (χ3n) is 4.74. The van der Waals surface area contributed by atoms with E-state index >= 15 is 0 Å². The lowest BCUT2D eigenvalue weighted by Gasteiger charge is -2.16. The molecule has 1 heterocycles. The van der Waals surface area contributed by atoms with Crippen LogP contribution >= 0.6 is 11.8 Å². The second-order valence-corrected chi connectivity index (χ2v) is 7.65. The van der Waals surface area contributed by atoms with Gasteiger partial charge in [-0.15, -0.1) is 16.9 Å². The van der Waals surface area contributed by atoms with E-state index in [1.54, 1.807) is 11.8 Å². The summed E-state index contributed by atoms with van der Waals surface area (Å²) in [5.74, 6) is -0.230. The fourth-order valence-electron chi connectivity index (χ4n) is 3.26. The molecular formula is C24H21N3O2S. The normalized spacial score (nSPS) is 10.9. The molecule has 150 valence electrons. The zero-order valence-electron chi connectivity index (χ0n) is 16.5. The molecule has 0 spiro atoms. The van der Waals surface area contributed by atoms with Crippen molar-refractivity contribution in [2.24, 2.45) is 0 Å². The lowest BCUT2D eigenvalue weighted by molar-refractivity contribution is -0.116. The van der Waals surface area contributed by atoms with Crippen molar-refractivity contribution in [3.8, 4) is 0 Å². The van der Waals surface area contributed by atoms with E-state index in [1.165, 1.54) is 4.90 Å². The Bertz CT molecular complexity index is 1060. The van der Waals surface area contributed by atoms with Crippen LogP contribution in [0.3, 0.4) is 0 Å². The molecule has 0 atom stereocenters. The predicted molar refractivity (Wildman–Crippen MR) is 119 cm³/mol. The summed E-state index contributed by atoms with van der Waals surface area (Å²) in [4.78, 5) is 14.3. The number of hydrogen-bond donors (Lipinski definition) is 1. The first-order chi connectivity index (χ1) is 14.7. The van der Waals surface area contributed by atoms with Crippen molar-refractivity contribution in [1.82, 2.24) is 10.2 Å². The van der Waals surface area contributed by atoms with Crippen molar-refractivity contribution in [3.63, 3.8) is 0 Å². The predicted octanol–water partition coefficient (Wildman–Crippen LogP) is 5.15. The fraction of sp³-hybridized carbons (Fsp3) is 0.125. The Kier molecular flexibility index (Phi) is 6.25. The average Bonchev–Trinajstić information content (AvgIpc) is 3.22. The van der Waals surface area contributed by atoms with Gasteiger partial charge in [0.05, 0.1) is 12.3 Å². The van der Waals surface area contributed by atoms with Crippen LogP contribution in [0.2, 0.25) is 0 Å². The highest BCUT2D eigenvalue weighted by Crippen LogP contribution is 2.26. The molecule has 0 bridgehead atoms. The van der Waals surface area contributed by atoms with Crippen molar-refractivity contribution in [2.45, 2.75) is 17.2 Å². The summed E-state index contributed by atoms with van der Waals surface area (Å²) in [6.45, 7) is 0. The Hall–Kier alpha value is -3.38. The fourth-order valence-corrected chi connectivity index (χ4v) is 3.67. The zero-order chi connectivity index (χ0) is 20.8. The first kappa shape index (κ1) is 19.9. The van der Waals surface area contributed by atoms with Crippen LogP contribution in [-0.2, 0) is 11.2 Å².